The number of carbonyl (C=O) groups excluding carboxylic acids is 1. The van der Waals surface area contributed by atoms with Crippen LogP contribution in [0.3, 0.4) is 0 Å². The molecule has 1 aromatic carbocycles. The molecule has 0 heterocycles. The van der Waals surface area contributed by atoms with Crippen LogP contribution >= 0.6 is 15.9 Å². The Morgan fingerprint density at radius 2 is 2.00 bits per heavy atom. The topological polar surface area (TPSA) is 38.3 Å². The van der Waals surface area contributed by atoms with Crippen LogP contribution in [0.4, 0.5) is 0 Å². The van der Waals surface area contributed by atoms with Crippen LogP contribution in [0.25, 0.3) is 0 Å². The van der Waals surface area contributed by atoms with E-state index in [0.29, 0.717) is 11.6 Å². The fourth-order valence-corrected chi connectivity index (χ4v) is 2.96. The molecule has 4 heteroatoms. The van der Waals surface area contributed by atoms with Gasteiger partial charge in [0, 0.05) is 10.5 Å². The summed E-state index contributed by atoms with van der Waals surface area (Å²) in [4.78, 5) is 12.4. The highest BCUT2D eigenvalue weighted by Crippen LogP contribution is 2.24. The predicted molar refractivity (Wildman–Crippen MR) is 84.2 cm³/mol. The fraction of sp³-hybridized carbons (Fsp3) is 0.562. The quantitative estimate of drug-likeness (QED) is 0.888. The van der Waals surface area contributed by atoms with Gasteiger partial charge in [0.15, 0.2) is 0 Å². The summed E-state index contributed by atoms with van der Waals surface area (Å²) in [7, 11) is 0. The van der Waals surface area contributed by atoms with Crippen molar-refractivity contribution in [1.82, 2.24) is 5.32 Å². The van der Waals surface area contributed by atoms with Crippen LogP contribution in [0.1, 0.15) is 56.3 Å². The molecule has 3 nitrogen and oxygen atoms in total. The van der Waals surface area contributed by atoms with Gasteiger partial charge in [-0.05, 0) is 60.8 Å². The summed E-state index contributed by atoms with van der Waals surface area (Å²) in [6.07, 6.45) is 5.99. The second-order valence-electron chi connectivity index (χ2n) is 5.62. The van der Waals surface area contributed by atoms with Crippen molar-refractivity contribution in [2.45, 2.75) is 58.1 Å². The molecule has 1 aromatic rings. The number of benzene rings is 1. The van der Waals surface area contributed by atoms with Crippen LogP contribution in [0.5, 0.6) is 5.75 Å². The van der Waals surface area contributed by atoms with Gasteiger partial charge in [-0.25, -0.2) is 0 Å². The average Bonchev–Trinajstić information content (AvgIpc) is 2.41. The third-order valence-electron chi connectivity index (χ3n) is 3.49. The van der Waals surface area contributed by atoms with Crippen molar-refractivity contribution in [3.05, 3.63) is 28.2 Å². The number of hydrogen-bond acceptors (Lipinski definition) is 2. The van der Waals surface area contributed by atoms with Crippen molar-refractivity contribution < 1.29 is 9.53 Å². The zero-order chi connectivity index (χ0) is 14.5. The van der Waals surface area contributed by atoms with E-state index in [0.717, 1.165) is 23.1 Å². The van der Waals surface area contributed by atoms with E-state index in [1.807, 2.05) is 32.0 Å². The van der Waals surface area contributed by atoms with Gasteiger partial charge in [-0.3, -0.25) is 4.79 Å². The third kappa shape index (κ3) is 4.23. The van der Waals surface area contributed by atoms with Gasteiger partial charge in [-0.2, -0.15) is 0 Å². The monoisotopic (exact) mass is 339 g/mol. The van der Waals surface area contributed by atoms with Crippen LogP contribution in [0.15, 0.2) is 22.7 Å². The Balaban J connectivity index is 2.07. The predicted octanol–water partition coefficient (Wildman–Crippen LogP) is 4.30. The molecule has 1 fully saturated rings. The number of amides is 1. The van der Waals surface area contributed by atoms with Crippen LogP contribution in [0, 0.1) is 0 Å². The minimum Gasteiger partial charge on any atom is -0.491 e. The summed E-state index contributed by atoms with van der Waals surface area (Å²) in [6, 6.07) is 5.87. The number of carbonyl (C=O) groups is 1. The molecule has 0 aromatic heterocycles. The van der Waals surface area contributed by atoms with Crippen molar-refractivity contribution in [3.63, 3.8) is 0 Å². The summed E-state index contributed by atoms with van der Waals surface area (Å²) >= 11 is 3.45. The Hall–Kier alpha value is -1.03. The largest absolute Gasteiger partial charge is 0.491 e. The van der Waals surface area contributed by atoms with Crippen LogP contribution in [-0.2, 0) is 0 Å². The molecular weight excluding hydrogens is 318 g/mol. The number of nitrogens with one attached hydrogen (secondary N) is 1. The van der Waals surface area contributed by atoms with E-state index >= 15 is 0 Å². The van der Waals surface area contributed by atoms with E-state index in [-0.39, 0.29) is 12.0 Å². The lowest BCUT2D eigenvalue weighted by molar-refractivity contribution is 0.0926. The molecule has 1 N–H and O–H groups in total. The highest BCUT2D eigenvalue weighted by atomic mass is 79.9. The molecule has 1 amide bonds. The van der Waals surface area contributed by atoms with Crippen molar-refractivity contribution in [2.75, 3.05) is 0 Å². The SMILES string of the molecule is CC(C)Oc1ccc(Br)c(C(=O)NC2CCCCC2)c1. The first-order valence-electron chi connectivity index (χ1n) is 7.33. The number of hydrogen-bond donors (Lipinski definition) is 1. The molecule has 0 spiro atoms. The Morgan fingerprint density at radius 1 is 1.30 bits per heavy atom. The first kappa shape index (κ1) is 15.4. The van der Waals surface area contributed by atoms with Crippen molar-refractivity contribution >= 4 is 21.8 Å². The normalized spacial score (nSPS) is 16.2. The highest BCUT2D eigenvalue weighted by molar-refractivity contribution is 9.10. The molecule has 0 bridgehead atoms. The van der Waals surface area contributed by atoms with Gasteiger partial charge >= 0.3 is 0 Å². The Morgan fingerprint density at radius 3 is 2.65 bits per heavy atom. The summed E-state index contributed by atoms with van der Waals surface area (Å²) in [6.45, 7) is 3.95. The average molecular weight is 340 g/mol. The molecule has 20 heavy (non-hydrogen) atoms. The van der Waals surface area contributed by atoms with Gasteiger partial charge in [0.2, 0.25) is 0 Å². The number of halogens is 1. The molecular formula is C16H22BrNO2. The van der Waals surface area contributed by atoms with Gasteiger partial charge < -0.3 is 10.1 Å². The maximum atomic E-state index is 12.4. The lowest BCUT2D eigenvalue weighted by Gasteiger charge is -2.23. The smallest absolute Gasteiger partial charge is 0.252 e. The molecule has 0 atom stereocenters. The van der Waals surface area contributed by atoms with E-state index in [1.54, 1.807) is 0 Å². The van der Waals surface area contributed by atoms with E-state index in [2.05, 4.69) is 21.2 Å². The van der Waals surface area contributed by atoms with Gasteiger partial charge in [0.25, 0.3) is 5.91 Å². The van der Waals surface area contributed by atoms with Crippen LogP contribution in [0.2, 0.25) is 0 Å². The van der Waals surface area contributed by atoms with Gasteiger partial charge in [-0.15, -0.1) is 0 Å². The summed E-state index contributed by atoms with van der Waals surface area (Å²) in [5.74, 6) is 0.718. The van der Waals surface area contributed by atoms with Crippen LogP contribution in [-0.4, -0.2) is 18.1 Å². The molecule has 0 saturated heterocycles. The molecule has 110 valence electrons. The van der Waals surface area contributed by atoms with E-state index in [4.69, 9.17) is 4.74 Å². The molecule has 1 saturated carbocycles. The lowest BCUT2D eigenvalue weighted by atomic mass is 9.95. The Labute approximate surface area is 129 Å². The van der Waals surface area contributed by atoms with Gasteiger partial charge in [0.05, 0.1) is 11.7 Å². The van der Waals surface area contributed by atoms with Crippen molar-refractivity contribution in [1.29, 1.82) is 0 Å². The summed E-state index contributed by atoms with van der Waals surface area (Å²) in [5, 5.41) is 3.13. The van der Waals surface area contributed by atoms with Crippen molar-refractivity contribution in [3.8, 4) is 5.75 Å². The molecule has 0 radical (unpaired) electrons. The van der Waals surface area contributed by atoms with Gasteiger partial charge in [0.1, 0.15) is 5.75 Å². The minimum atomic E-state index is -0.0158. The first-order valence-corrected chi connectivity index (χ1v) is 8.12. The molecule has 0 unspecified atom stereocenters. The molecule has 2 rings (SSSR count). The van der Waals surface area contributed by atoms with E-state index < -0.39 is 0 Å². The standard InChI is InChI=1S/C16H22BrNO2/c1-11(2)20-13-8-9-15(17)14(10-13)16(19)18-12-6-4-3-5-7-12/h8-12H,3-7H2,1-2H3,(H,18,19). The number of rotatable bonds is 4. The fourth-order valence-electron chi connectivity index (χ4n) is 2.53. The second kappa shape index (κ2) is 7.11. The maximum absolute atomic E-state index is 12.4. The van der Waals surface area contributed by atoms with Crippen molar-refractivity contribution in [2.24, 2.45) is 0 Å². The molecule has 0 aliphatic heterocycles. The maximum Gasteiger partial charge on any atom is 0.252 e. The Kier molecular flexibility index (Phi) is 5.46. The highest BCUT2D eigenvalue weighted by Gasteiger charge is 2.18. The molecule has 1 aliphatic carbocycles. The molecule has 1 aliphatic rings. The minimum absolute atomic E-state index is 0.0158. The zero-order valence-electron chi connectivity index (χ0n) is 12.1. The zero-order valence-corrected chi connectivity index (χ0v) is 13.7. The van der Waals surface area contributed by atoms with Crippen LogP contribution < -0.4 is 10.1 Å². The Bertz CT molecular complexity index is 468. The number of ether oxygens (including phenoxy) is 1. The van der Waals surface area contributed by atoms with E-state index in [1.165, 1.54) is 19.3 Å². The first-order chi connectivity index (χ1) is 9.56. The summed E-state index contributed by atoms with van der Waals surface area (Å²) < 4.78 is 6.46. The van der Waals surface area contributed by atoms with Gasteiger partial charge in [-0.1, -0.05) is 19.3 Å². The lowest BCUT2D eigenvalue weighted by Crippen LogP contribution is -2.36. The summed E-state index contributed by atoms with van der Waals surface area (Å²) in [5.41, 5.74) is 0.647. The van der Waals surface area contributed by atoms with E-state index in [9.17, 15) is 4.79 Å². The third-order valence-corrected chi connectivity index (χ3v) is 4.19. The second-order valence-corrected chi connectivity index (χ2v) is 6.47.